The van der Waals surface area contributed by atoms with Crippen molar-refractivity contribution in [3.63, 3.8) is 0 Å². The van der Waals surface area contributed by atoms with Gasteiger partial charge in [-0.1, -0.05) is 48.5 Å². The highest BCUT2D eigenvalue weighted by Gasteiger charge is 2.11. The Hall–Kier alpha value is -1.80. The zero-order valence-electron chi connectivity index (χ0n) is 11.7. The predicted molar refractivity (Wildman–Crippen MR) is 81.9 cm³/mol. The number of rotatable bonds is 5. The molecule has 2 N–H and O–H groups in total. The molecule has 2 rings (SSSR count). The Bertz CT molecular complexity index is 508. The van der Waals surface area contributed by atoms with Gasteiger partial charge in [-0.3, -0.25) is 4.90 Å². The van der Waals surface area contributed by atoms with Gasteiger partial charge in [-0.15, -0.1) is 0 Å². The van der Waals surface area contributed by atoms with Crippen LogP contribution in [0.15, 0.2) is 54.6 Å². The lowest BCUT2D eigenvalue weighted by atomic mass is 10.0. The lowest BCUT2D eigenvalue weighted by Crippen LogP contribution is -2.30. The monoisotopic (exact) mass is 254 g/mol. The molecule has 2 nitrogen and oxygen atoms in total. The lowest BCUT2D eigenvalue weighted by molar-refractivity contribution is 0.248. The number of nitrogens with zero attached hydrogens (tertiary/aromatic N) is 1. The second kappa shape index (κ2) is 6.39. The van der Waals surface area contributed by atoms with Crippen molar-refractivity contribution >= 4 is 5.69 Å². The van der Waals surface area contributed by atoms with Crippen molar-refractivity contribution in [2.45, 2.75) is 25.9 Å². The Morgan fingerprint density at radius 2 is 1.63 bits per heavy atom. The summed E-state index contributed by atoms with van der Waals surface area (Å²) in [4.78, 5) is 2.36. The quantitative estimate of drug-likeness (QED) is 0.829. The maximum atomic E-state index is 6.00. The van der Waals surface area contributed by atoms with E-state index in [2.05, 4.69) is 61.3 Å². The highest BCUT2D eigenvalue weighted by Crippen LogP contribution is 2.16. The van der Waals surface area contributed by atoms with Gasteiger partial charge in [0.2, 0.25) is 0 Å². The molecule has 19 heavy (non-hydrogen) atoms. The predicted octanol–water partition coefficient (Wildman–Crippen LogP) is 3.33. The minimum absolute atomic E-state index is 0.463. The van der Waals surface area contributed by atoms with E-state index in [4.69, 9.17) is 5.73 Å². The van der Waals surface area contributed by atoms with Gasteiger partial charge in [-0.05, 0) is 37.6 Å². The van der Waals surface area contributed by atoms with E-state index in [-0.39, 0.29) is 0 Å². The Balaban J connectivity index is 1.96. The molecule has 2 aromatic rings. The molecule has 0 radical (unpaired) electrons. The minimum Gasteiger partial charge on any atom is -0.399 e. The third-order valence-electron chi connectivity index (χ3n) is 3.60. The zero-order valence-corrected chi connectivity index (χ0v) is 11.7. The topological polar surface area (TPSA) is 29.3 Å². The summed E-state index contributed by atoms with van der Waals surface area (Å²) in [5.74, 6) is 0. The average Bonchev–Trinajstić information content (AvgIpc) is 2.42. The molecule has 1 unspecified atom stereocenters. The molecule has 0 spiro atoms. The van der Waals surface area contributed by atoms with Crippen LogP contribution in [0, 0.1) is 0 Å². The summed E-state index contributed by atoms with van der Waals surface area (Å²) in [6.07, 6.45) is 0.982. The Labute approximate surface area is 115 Å². The maximum absolute atomic E-state index is 6.00. The van der Waals surface area contributed by atoms with Crippen molar-refractivity contribution in [2.24, 2.45) is 0 Å². The number of anilines is 1. The molecule has 0 aliphatic rings. The number of benzene rings is 2. The van der Waals surface area contributed by atoms with Gasteiger partial charge < -0.3 is 5.73 Å². The van der Waals surface area contributed by atoms with Crippen molar-refractivity contribution in [1.82, 2.24) is 4.90 Å². The molecular weight excluding hydrogens is 232 g/mol. The molecule has 0 saturated heterocycles. The van der Waals surface area contributed by atoms with E-state index in [9.17, 15) is 0 Å². The van der Waals surface area contributed by atoms with Crippen LogP contribution in [0.3, 0.4) is 0 Å². The first-order valence-electron chi connectivity index (χ1n) is 6.74. The fourth-order valence-corrected chi connectivity index (χ4v) is 2.22. The van der Waals surface area contributed by atoms with E-state index in [0.29, 0.717) is 6.04 Å². The van der Waals surface area contributed by atoms with Crippen molar-refractivity contribution in [3.8, 4) is 0 Å². The molecule has 2 heteroatoms. The van der Waals surface area contributed by atoms with Crippen molar-refractivity contribution in [1.29, 1.82) is 0 Å². The average molecular weight is 254 g/mol. The highest BCUT2D eigenvalue weighted by atomic mass is 15.1. The third-order valence-corrected chi connectivity index (χ3v) is 3.60. The van der Waals surface area contributed by atoms with Crippen molar-refractivity contribution < 1.29 is 0 Å². The van der Waals surface area contributed by atoms with Gasteiger partial charge in [0.25, 0.3) is 0 Å². The van der Waals surface area contributed by atoms with E-state index >= 15 is 0 Å². The van der Waals surface area contributed by atoms with Crippen LogP contribution in [0.1, 0.15) is 18.1 Å². The molecule has 0 bridgehead atoms. The first-order valence-corrected chi connectivity index (χ1v) is 6.74. The van der Waals surface area contributed by atoms with Gasteiger partial charge in [0.15, 0.2) is 0 Å². The molecule has 0 saturated carbocycles. The van der Waals surface area contributed by atoms with Gasteiger partial charge in [-0.2, -0.15) is 0 Å². The Kier molecular flexibility index (Phi) is 4.58. The van der Waals surface area contributed by atoms with Gasteiger partial charge in [0.1, 0.15) is 0 Å². The summed E-state index contributed by atoms with van der Waals surface area (Å²) in [7, 11) is 2.16. The normalized spacial score (nSPS) is 12.6. The number of para-hydroxylation sites is 1. The SMILES string of the molecule is CC(Cc1ccccc1N)N(C)Cc1ccccc1. The molecule has 0 aromatic heterocycles. The molecular formula is C17H22N2. The fourth-order valence-electron chi connectivity index (χ4n) is 2.22. The largest absolute Gasteiger partial charge is 0.399 e. The Morgan fingerprint density at radius 3 is 2.32 bits per heavy atom. The smallest absolute Gasteiger partial charge is 0.0347 e. The number of hydrogen-bond acceptors (Lipinski definition) is 2. The van der Waals surface area contributed by atoms with Gasteiger partial charge in [0, 0.05) is 18.3 Å². The van der Waals surface area contributed by atoms with Crippen LogP contribution in [-0.4, -0.2) is 18.0 Å². The second-order valence-corrected chi connectivity index (χ2v) is 5.15. The number of nitrogen functional groups attached to an aromatic ring is 1. The van der Waals surface area contributed by atoms with Crippen LogP contribution >= 0.6 is 0 Å². The van der Waals surface area contributed by atoms with E-state index < -0.39 is 0 Å². The molecule has 0 aliphatic heterocycles. The molecule has 100 valence electrons. The molecule has 2 aromatic carbocycles. The van der Waals surface area contributed by atoms with E-state index in [1.165, 1.54) is 11.1 Å². The fraction of sp³-hybridized carbons (Fsp3) is 0.294. The Morgan fingerprint density at radius 1 is 1.00 bits per heavy atom. The highest BCUT2D eigenvalue weighted by molar-refractivity contribution is 5.46. The third kappa shape index (κ3) is 3.83. The van der Waals surface area contributed by atoms with Crippen LogP contribution in [-0.2, 0) is 13.0 Å². The van der Waals surface area contributed by atoms with Crippen molar-refractivity contribution in [2.75, 3.05) is 12.8 Å². The zero-order chi connectivity index (χ0) is 13.7. The first kappa shape index (κ1) is 13.6. The molecule has 0 heterocycles. The van der Waals surface area contributed by atoms with Crippen LogP contribution in [0.2, 0.25) is 0 Å². The lowest BCUT2D eigenvalue weighted by Gasteiger charge is -2.25. The summed E-state index contributed by atoms with van der Waals surface area (Å²) >= 11 is 0. The standard InChI is InChI=1S/C17H22N2/c1-14(12-16-10-6-7-11-17(16)18)19(2)13-15-8-4-3-5-9-15/h3-11,14H,12-13,18H2,1-2H3. The maximum Gasteiger partial charge on any atom is 0.0347 e. The van der Waals surface area contributed by atoms with Gasteiger partial charge in [0.05, 0.1) is 0 Å². The summed E-state index contributed by atoms with van der Waals surface area (Å²) in [6.45, 7) is 3.21. The van der Waals surface area contributed by atoms with Gasteiger partial charge >= 0.3 is 0 Å². The van der Waals surface area contributed by atoms with Crippen LogP contribution in [0.25, 0.3) is 0 Å². The molecule has 0 fully saturated rings. The summed E-state index contributed by atoms with van der Waals surface area (Å²) in [5, 5.41) is 0. The first-order chi connectivity index (χ1) is 9.16. The number of hydrogen-bond donors (Lipinski definition) is 1. The molecule has 0 amide bonds. The van der Waals surface area contributed by atoms with Crippen LogP contribution < -0.4 is 5.73 Å². The van der Waals surface area contributed by atoms with Gasteiger partial charge in [-0.25, -0.2) is 0 Å². The second-order valence-electron chi connectivity index (χ2n) is 5.15. The van der Waals surface area contributed by atoms with E-state index in [1.54, 1.807) is 0 Å². The van der Waals surface area contributed by atoms with Crippen molar-refractivity contribution in [3.05, 3.63) is 65.7 Å². The molecule has 1 atom stereocenters. The summed E-state index contributed by atoms with van der Waals surface area (Å²) in [6, 6.07) is 19.1. The van der Waals surface area contributed by atoms with E-state index in [0.717, 1.165) is 18.7 Å². The van der Waals surface area contributed by atoms with Crippen LogP contribution in [0.5, 0.6) is 0 Å². The summed E-state index contributed by atoms with van der Waals surface area (Å²) < 4.78 is 0. The number of likely N-dealkylation sites (N-methyl/N-ethyl adjacent to an activating group) is 1. The van der Waals surface area contributed by atoms with E-state index in [1.807, 2.05) is 12.1 Å². The summed E-state index contributed by atoms with van der Waals surface area (Å²) in [5.41, 5.74) is 9.47. The molecule has 0 aliphatic carbocycles. The van der Waals surface area contributed by atoms with Crippen LogP contribution in [0.4, 0.5) is 5.69 Å². The number of nitrogens with two attached hydrogens (primary N) is 1. The minimum atomic E-state index is 0.463.